The summed E-state index contributed by atoms with van der Waals surface area (Å²) in [6, 6.07) is 22.7. The second kappa shape index (κ2) is 7.13. The number of guanidine groups is 1. The Labute approximate surface area is 185 Å². The topological polar surface area (TPSA) is 127 Å². The lowest BCUT2D eigenvalue weighted by molar-refractivity contribution is -0.128. The third kappa shape index (κ3) is 2.88. The van der Waals surface area contributed by atoms with Crippen LogP contribution in [-0.2, 0) is 10.3 Å². The molecule has 5 N–H and O–H groups in total. The number of ether oxygens (including phenoxy) is 1. The van der Waals surface area contributed by atoms with Crippen LogP contribution in [0.3, 0.4) is 0 Å². The maximum Gasteiger partial charge on any atom is 0.259 e. The van der Waals surface area contributed by atoms with E-state index in [-0.39, 0.29) is 23.9 Å². The van der Waals surface area contributed by atoms with Gasteiger partial charge in [-0.05, 0) is 47.0 Å². The number of nitriles is 1. The van der Waals surface area contributed by atoms with Gasteiger partial charge in [0.25, 0.3) is 5.91 Å². The van der Waals surface area contributed by atoms with Crippen LogP contribution < -0.4 is 21.5 Å². The van der Waals surface area contributed by atoms with Crippen LogP contribution in [0.4, 0.5) is 5.69 Å². The summed E-state index contributed by atoms with van der Waals surface area (Å²) >= 11 is 0. The van der Waals surface area contributed by atoms with Crippen molar-refractivity contribution in [3.8, 4) is 22.9 Å². The van der Waals surface area contributed by atoms with Crippen molar-refractivity contribution in [2.75, 3.05) is 5.73 Å². The molecule has 0 bridgehead atoms. The van der Waals surface area contributed by atoms with Gasteiger partial charge >= 0.3 is 0 Å². The standard InChI is InChI=1S/C25H21N5O2/c1-14-22(16-5-3-2-4-6-16)32-21-8-7-17(18-9-15(13-26)10-19(27)11-18)12-20(21)25(14)23(31)29-24(28)30-25/h2-12,14,22H,27H2,1H3,(H3,28,29,30,31)/t14?,22-,25-/m1/s1. The summed E-state index contributed by atoms with van der Waals surface area (Å²) in [5, 5.41) is 12.0. The molecule has 0 fully saturated rings. The number of carbonyl (C=O) groups excluding carboxylic acids is 1. The maximum atomic E-state index is 13.3. The Morgan fingerprint density at radius 3 is 2.53 bits per heavy atom. The number of rotatable bonds is 2. The zero-order valence-corrected chi connectivity index (χ0v) is 17.4. The van der Waals surface area contributed by atoms with Crippen LogP contribution in [0.2, 0.25) is 0 Å². The van der Waals surface area contributed by atoms with Crippen LogP contribution in [0.15, 0.2) is 71.7 Å². The highest BCUT2D eigenvalue weighted by Crippen LogP contribution is 2.52. The molecule has 3 aromatic carbocycles. The van der Waals surface area contributed by atoms with Gasteiger partial charge in [-0.25, -0.2) is 4.99 Å². The fraction of sp³-hybridized carbons (Fsp3) is 0.160. The quantitative estimate of drug-likeness (QED) is 0.546. The molecule has 0 saturated heterocycles. The van der Waals surface area contributed by atoms with E-state index < -0.39 is 5.54 Å². The highest BCUT2D eigenvalue weighted by Gasteiger charge is 2.56. The van der Waals surface area contributed by atoms with E-state index in [4.69, 9.17) is 16.2 Å². The third-order valence-electron chi connectivity index (χ3n) is 6.19. The molecule has 1 amide bonds. The Morgan fingerprint density at radius 1 is 1.06 bits per heavy atom. The molecule has 32 heavy (non-hydrogen) atoms. The van der Waals surface area contributed by atoms with E-state index in [0.29, 0.717) is 22.6 Å². The summed E-state index contributed by atoms with van der Waals surface area (Å²) in [7, 11) is 0. The summed E-state index contributed by atoms with van der Waals surface area (Å²) < 4.78 is 6.39. The van der Waals surface area contributed by atoms with Gasteiger partial charge in [0.2, 0.25) is 0 Å². The Balaban J connectivity index is 1.71. The molecule has 0 saturated carbocycles. The van der Waals surface area contributed by atoms with Gasteiger partial charge in [-0.1, -0.05) is 43.3 Å². The number of hydrogen-bond acceptors (Lipinski definition) is 6. The van der Waals surface area contributed by atoms with E-state index in [2.05, 4.69) is 16.4 Å². The number of nitrogens with one attached hydrogen (secondary N) is 1. The highest BCUT2D eigenvalue weighted by atomic mass is 16.5. The Kier molecular flexibility index (Phi) is 4.38. The van der Waals surface area contributed by atoms with Gasteiger partial charge in [-0.3, -0.25) is 10.1 Å². The molecular formula is C25H21N5O2. The lowest BCUT2D eigenvalue weighted by atomic mass is 9.72. The predicted octanol–water partition coefficient (Wildman–Crippen LogP) is 3.22. The van der Waals surface area contributed by atoms with E-state index in [9.17, 15) is 10.1 Å². The summed E-state index contributed by atoms with van der Waals surface area (Å²) in [4.78, 5) is 17.9. The zero-order chi connectivity index (χ0) is 22.5. The van der Waals surface area contributed by atoms with E-state index in [1.165, 1.54) is 0 Å². The number of benzene rings is 3. The normalized spacial score (nSPS) is 23.6. The molecule has 0 aliphatic carbocycles. The lowest BCUT2D eigenvalue weighted by Gasteiger charge is -2.42. The van der Waals surface area contributed by atoms with Crippen LogP contribution in [0.25, 0.3) is 11.1 Å². The number of anilines is 1. The van der Waals surface area contributed by atoms with Gasteiger partial charge in [0.15, 0.2) is 11.5 Å². The average Bonchev–Trinajstić information content (AvgIpc) is 3.10. The van der Waals surface area contributed by atoms with Gasteiger partial charge in [0, 0.05) is 17.2 Å². The van der Waals surface area contributed by atoms with Crippen LogP contribution in [0, 0.1) is 17.2 Å². The van der Waals surface area contributed by atoms with Crippen LogP contribution >= 0.6 is 0 Å². The van der Waals surface area contributed by atoms with Gasteiger partial charge < -0.3 is 16.2 Å². The van der Waals surface area contributed by atoms with Crippen molar-refractivity contribution >= 4 is 17.6 Å². The monoisotopic (exact) mass is 423 g/mol. The lowest BCUT2D eigenvalue weighted by Crippen LogP contribution is -2.48. The maximum absolute atomic E-state index is 13.3. The molecular weight excluding hydrogens is 402 g/mol. The average molecular weight is 423 g/mol. The Hall–Kier alpha value is -4.31. The molecule has 2 heterocycles. The van der Waals surface area contributed by atoms with Crippen molar-refractivity contribution in [2.24, 2.45) is 16.6 Å². The second-order valence-corrected chi connectivity index (χ2v) is 8.12. The number of hydrogen-bond donors (Lipinski definition) is 3. The fourth-order valence-corrected chi connectivity index (χ4v) is 4.67. The molecule has 3 atom stereocenters. The molecule has 5 rings (SSSR count). The van der Waals surface area contributed by atoms with E-state index in [0.717, 1.165) is 16.7 Å². The second-order valence-electron chi connectivity index (χ2n) is 8.12. The van der Waals surface area contributed by atoms with Crippen molar-refractivity contribution in [3.05, 3.63) is 83.4 Å². The van der Waals surface area contributed by atoms with Crippen molar-refractivity contribution in [1.29, 1.82) is 5.26 Å². The van der Waals surface area contributed by atoms with Gasteiger partial charge in [0.05, 0.1) is 11.6 Å². The van der Waals surface area contributed by atoms with Crippen molar-refractivity contribution < 1.29 is 9.53 Å². The van der Waals surface area contributed by atoms with E-state index in [1.807, 2.05) is 55.5 Å². The number of nitrogen functional groups attached to an aromatic ring is 1. The molecule has 2 aliphatic rings. The van der Waals surface area contributed by atoms with Gasteiger partial charge in [-0.15, -0.1) is 0 Å². The number of amides is 1. The van der Waals surface area contributed by atoms with Crippen LogP contribution in [0.1, 0.15) is 29.7 Å². The fourth-order valence-electron chi connectivity index (χ4n) is 4.67. The highest BCUT2D eigenvalue weighted by molar-refractivity contribution is 6.08. The summed E-state index contributed by atoms with van der Waals surface area (Å²) in [6.45, 7) is 1.95. The van der Waals surface area contributed by atoms with Crippen molar-refractivity contribution in [3.63, 3.8) is 0 Å². The minimum Gasteiger partial charge on any atom is -0.485 e. The summed E-state index contributed by atoms with van der Waals surface area (Å²) in [5.74, 6) is 0.0426. The molecule has 1 spiro atoms. The number of nitrogens with zero attached hydrogens (tertiary/aromatic N) is 2. The van der Waals surface area contributed by atoms with Crippen molar-refractivity contribution in [2.45, 2.75) is 18.6 Å². The van der Waals surface area contributed by atoms with Crippen LogP contribution in [-0.4, -0.2) is 11.9 Å². The van der Waals surface area contributed by atoms with E-state index >= 15 is 0 Å². The molecule has 7 nitrogen and oxygen atoms in total. The summed E-state index contributed by atoms with van der Waals surface area (Å²) in [6.07, 6.45) is -0.382. The minimum absolute atomic E-state index is 0.0858. The first-order chi connectivity index (χ1) is 15.4. The van der Waals surface area contributed by atoms with Gasteiger partial charge in [0.1, 0.15) is 11.9 Å². The number of aliphatic imine (C=N–C) groups is 1. The molecule has 2 aliphatic heterocycles. The predicted molar refractivity (Wildman–Crippen MR) is 121 cm³/mol. The van der Waals surface area contributed by atoms with Gasteiger partial charge in [-0.2, -0.15) is 5.26 Å². The third-order valence-corrected chi connectivity index (χ3v) is 6.19. The molecule has 158 valence electrons. The van der Waals surface area contributed by atoms with Crippen molar-refractivity contribution in [1.82, 2.24) is 5.32 Å². The SMILES string of the molecule is CC1[C@H](c2ccccc2)Oc2ccc(-c3cc(N)cc(C#N)c3)cc2[C@]12N=C(N)NC2=O. The van der Waals surface area contributed by atoms with Crippen LogP contribution in [0.5, 0.6) is 5.75 Å². The first-order valence-electron chi connectivity index (χ1n) is 10.3. The first-order valence-corrected chi connectivity index (χ1v) is 10.3. The molecule has 0 aromatic heterocycles. The number of fused-ring (bicyclic) bond motifs is 2. The molecule has 1 unspecified atom stereocenters. The number of carbonyl (C=O) groups is 1. The number of nitrogens with two attached hydrogens (primary N) is 2. The first kappa shape index (κ1) is 19.6. The largest absolute Gasteiger partial charge is 0.485 e. The summed E-state index contributed by atoms with van der Waals surface area (Å²) in [5.41, 5.74) is 14.8. The zero-order valence-electron chi connectivity index (χ0n) is 17.4. The Bertz CT molecular complexity index is 1310. The molecule has 7 heteroatoms. The molecule has 3 aromatic rings. The smallest absolute Gasteiger partial charge is 0.259 e. The molecule has 0 radical (unpaired) electrons. The minimum atomic E-state index is -1.23. The Morgan fingerprint density at radius 2 is 1.84 bits per heavy atom. The van der Waals surface area contributed by atoms with E-state index in [1.54, 1.807) is 18.2 Å².